The summed E-state index contributed by atoms with van der Waals surface area (Å²) in [5.41, 5.74) is 5.76. The first-order valence-corrected chi connectivity index (χ1v) is 3.95. The molecule has 0 aromatic heterocycles. The normalized spacial score (nSPS) is 12.8. The molecule has 0 amide bonds. The Hall–Kier alpha value is -1.16. The lowest BCUT2D eigenvalue weighted by Crippen LogP contribution is -2.11. The summed E-state index contributed by atoms with van der Waals surface area (Å²) >= 11 is 0. The molecule has 0 aliphatic carbocycles. The zero-order valence-corrected chi connectivity index (χ0v) is 7.00. The highest BCUT2D eigenvalue weighted by Gasteiger charge is 2.11. The number of hydrogen-bond donors (Lipinski definition) is 2. The van der Waals surface area contributed by atoms with Gasteiger partial charge in [0, 0.05) is 11.6 Å². The molecule has 1 atom stereocenters. The molecule has 0 unspecified atom stereocenters. The van der Waals surface area contributed by atoms with Gasteiger partial charge >= 0.3 is 0 Å². The predicted octanol–water partition coefficient (Wildman–Crippen LogP) is 1.89. The van der Waals surface area contributed by atoms with E-state index in [4.69, 9.17) is 5.73 Å². The Kier molecular flexibility index (Phi) is 3.19. The lowest BCUT2D eigenvalue weighted by Gasteiger charge is -2.11. The van der Waals surface area contributed by atoms with Gasteiger partial charge in [-0.05, 0) is 24.6 Å². The molecule has 1 aromatic rings. The zero-order chi connectivity index (χ0) is 9.84. The minimum atomic E-state index is -0.652. The number of aromatic hydroxyl groups is 1. The molecule has 2 nitrogen and oxygen atoms in total. The van der Waals surface area contributed by atoms with Gasteiger partial charge in [0.25, 0.3) is 0 Å². The van der Waals surface area contributed by atoms with E-state index in [1.54, 1.807) is 0 Å². The first-order valence-electron chi connectivity index (χ1n) is 3.95. The van der Waals surface area contributed by atoms with Crippen LogP contribution in [0, 0.1) is 5.82 Å². The van der Waals surface area contributed by atoms with Gasteiger partial charge < -0.3 is 10.8 Å². The molecule has 0 spiro atoms. The maximum Gasteiger partial charge on any atom is 0.123 e. The summed E-state index contributed by atoms with van der Waals surface area (Å²) in [7, 11) is 0. The smallest absolute Gasteiger partial charge is 0.123 e. The van der Waals surface area contributed by atoms with Crippen LogP contribution in [0.2, 0.25) is 0 Å². The molecule has 13 heavy (non-hydrogen) atoms. The van der Waals surface area contributed by atoms with E-state index >= 15 is 0 Å². The highest BCUT2D eigenvalue weighted by molar-refractivity contribution is 5.34. The minimum absolute atomic E-state index is 0.0804. The Morgan fingerprint density at radius 2 is 2.15 bits per heavy atom. The fourth-order valence-corrected chi connectivity index (χ4v) is 1.10. The maximum absolute atomic E-state index is 12.7. The third kappa shape index (κ3) is 2.39. The van der Waals surface area contributed by atoms with Gasteiger partial charge in [-0.1, -0.05) is 0 Å². The Bertz CT molecular complexity index is 291. The molecule has 0 aliphatic heterocycles. The number of phenols is 1. The molecule has 4 heteroatoms. The van der Waals surface area contributed by atoms with Crippen molar-refractivity contribution in [2.75, 3.05) is 6.67 Å². The second-order valence-corrected chi connectivity index (χ2v) is 2.79. The number of benzene rings is 1. The fourth-order valence-electron chi connectivity index (χ4n) is 1.10. The summed E-state index contributed by atoms with van der Waals surface area (Å²) in [4.78, 5) is 0. The molecular formula is C9H11F2NO. The van der Waals surface area contributed by atoms with Gasteiger partial charge in [0.15, 0.2) is 0 Å². The molecule has 0 aliphatic rings. The Balaban J connectivity index is 2.91. The van der Waals surface area contributed by atoms with Crippen LogP contribution in [0.3, 0.4) is 0 Å². The van der Waals surface area contributed by atoms with E-state index in [1.165, 1.54) is 6.07 Å². The van der Waals surface area contributed by atoms with Crippen molar-refractivity contribution >= 4 is 0 Å². The molecule has 1 aromatic carbocycles. The van der Waals surface area contributed by atoms with Gasteiger partial charge in [-0.3, -0.25) is 4.39 Å². The van der Waals surface area contributed by atoms with Crippen LogP contribution in [0.1, 0.15) is 18.0 Å². The lowest BCUT2D eigenvalue weighted by molar-refractivity contribution is 0.422. The number of halogens is 2. The van der Waals surface area contributed by atoms with E-state index in [0.717, 1.165) is 12.1 Å². The van der Waals surface area contributed by atoms with Gasteiger partial charge in [0.05, 0.1) is 6.67 Å². The van der Waals surface area contributed by atoms with Crippen molar-refractivity contribution in [1.29, 1.82) is 0 Å². The Morgan fingerprint density at radius 3 is 2.77 bits per heavy atom. The summed E-state index contributed by atoms with van der Waals surface area (Å²) in [6.07, 6.45) is 0.0804. The number of hydrogen-bond acceptors (Lipinski definition) is 2. The summed E-state index contributed by atoms with van der Waals surface area (Å²) in [5.74, 6) is -0.579. The SMILES string of the molecule is N[C@@H](CCF)c1cc(F)ccc1O. The highest BCUT2D eigenvalue weighted by Crippen LogP contribution is 2.25. The van der Waals surface area contributed by atoms with E-state index < -0.39 is 18.5 Å². The molecule has 0 saturated carbocycles. The molecule has 0 saturated heterocycles. The van der Waals surface area contributed by atoms with Crippen molar-refractivity contribution < 1.29 is 13.9 Å². The number of alkyl halides is 1. The van der Waals surface area contributed by atoms with Gasteiger partial charge in [-0.15, -0.1) is 0 Å². The van der Waals surface area contributed by atoms with Crippen LogP contribution in [0.25, 0.3) is 0 Å². The molecule has 0 fully saturated rings. The maximum atomic E-state index is 12.7. The largest absolute Gasteiger partial charge is 0.508 e. The molecule has 1 rings (SSSR count). The fraction of sp³-hybridized carbons (Fsp3) is 0.333. The van der Waals surface area contributed by atoms with Crippen LogP contribution in [-0.2, 0) is 0 Å². The van der Waals surface area contributed by atoms with E-state index in [9.17, 15) is 13.9 Å². The average Bonchev–Trinajstić information content (AvgIpc) is 2.09. The van der Waals surface area contributed by atoms with Crippen LogP contribution < -0.4 is 5.73 Å². The third-order valence-electron chi connectivity index (χ3n) is 1.81. The minimum Gasteiger partial charge on any atom is -0.508 e. The van der Waals surface area contributed by atoms with Crippen LogP contribution in [-0.4, -0.2) is 11.8 Å². The van der Waals surface area contributed by atoms with Crippen LogP contribution >= 0.6 is 0 Å². The Morgan fingerprint density at radius 1 is 1.46 bits per heavy atom. The van der Waals surface area contributed by atoms with Crippen LogP contribution in [0.5, 0.6) is 5.75 Å². The molecule has 0 bridgehead atoms. The van der Waals surface area contributed by atoms with Gasteiger partial charge in [0.1, 0.15) is 11.6 Å². The quantitative estimate of drug-likeness (QED) is 0.759. The summed E-state index contributed by atoms with van der Waals surface area (Å²) in [5, 5.41) is 9.26. The first-order chi connectivity index (χ1) is 6.15. The topological polar surface area (TPSA) is 46.2 Å². The van der Waals surface area contributed by atoms with Crippen molar-refractivity contribution in [3.63, 3.8) is 0 Å². The van der Waals surface area contributed by atoms with Gasteiger partial charge in [-0.2, -0.15) is 0 Å². The molecular weight excluding hydrogens is 176 g/mol. The molecule has 3 N–H and O–H groups in total. The predicted molar refractivity (Wildman–Crippen MR) is 45.6 cm³/mol. The van der Waals surface area contributed by atoms with Crippen molar-refractivity contribution in [3.8, 4) is 5.75 Å². The lowest BCUT2D eigenvalue weighted by atomic mass is 10.0. The molecule has 0 heterocycles. The third-order valence-corrected chi connectivity index (χ3v) is 1.81. The molecule has 0 radical (unpaired) electrons. The van der Waals surface area contributed by atoms with Crippen molar-refractivity contribution in [2.24, 2.45) is 5.73 Å². The first kappa shape index (κ1) is 9.92. The van der Waals surface area contributed by atoms with E-state index in [0.29, 0.717) is 0 Å². The van der Waals surface area contributed by atoms with Crippen LogP contribution in [0.4, 0.5) is 8.78 Å². The Labute approximate surface area is 75.0 Å². The van der Waals surface area contributed by atoms with Crippen LogP contribution in [0.15, 0.2) is 18.2 Å². The van der Waals surface area contributed by atoms with Gasteiger partial charge in [-0.25, -0.2) is 4.39 Å². The highest BCUT2D eigenvalue weighted by atomic mass is 19.1. The summed E-state index contributed by atoms with van der Waals surface area (Å²) in [6, 6.07) is 2.81. The zero-order valence-electron chi connectivity index (χ0n) is 7.00. The monoisotopic (exact) mass is 187 g/mol. The summed E-state index contributed by atoms with van der Waals surface area (Å²) < 4.78 is 24.6. The number of rotatable bonds is 3. The second-order valence-electron chi connectivity index (χ2n) is 2.79. The number of phenolic OH excluding ortho intramolecular Hbond substituents is 1. The van der Waals surface area contributed by atoms with E-state index in [2.05, 4.69) is 0 Å². The van der Waals surface area contributed by atoms with Crippen molar-refractivity contribution in [3.05, 3.63) is 29.6 Å². The number of nitrogens with two attached hydrogens (primary N) is 1. The second kappa shape index (κ2) is 4.18. The molecule has 72 valence electrons. The summed E-state index contributed by atoms with van der Waals surface area (Å²) in [6.45, 7) is -0.586. The van der Waals surface area contributed by atoms with Gasteiger partial charge in [0.2, 0.25) is 0 Å². The van der Waals surface area contributed by atoms with Crippen molar-refractivity contribution in [1.82, 2.24) is 0 Å². The van der Waals surface area contributed by atoms with E-state index in [1.807, 2.05) is 0 Å². The average molecular weight is 187 g/mol. The van der Waals surface area contributed by atoms with E-state index in [-0.39, 0.29) is 17.7 Å². The standard InChI is InChI=1S/C9H11F2NO/c10-4-3-8(12)7-5-6(11)1-2-9(7)13/h1-2,5,8,13H,3-4,12H2/t8-/m0/s1. The van der Waals surface area contributed by atoms with Crippen molar-refractivity contribution in [2.45, 2.75) is 12.5 Å².